The standard InChI is InChI=1S/C30H30N2O4/c1-18-15-24(20(3)31-26-12-8-7-11-23(26)30(34)35)28-25(16-18)27(33)19(2)29(36-28)32-14-13-22(17-32)21-9-5-4-6-10-21/h4-12,15-16,20,22,31H,13-14,17H2,1-3H3,(H,34,35)/t20?,22-/m1/s1. The minimum atomic E-state index is -0.995. The molecule has 1 saturated heterocycles. The predicted octanol–water partition coefficient (Wildman–Crippen LogP) is 6.28. The molecule has 3 aromatic carbocycles. The molecule has 2 N–H and O–H groups in total. The first-order valence-electron chi connectivity index (χ1n) is 12.3. The van der Waals surface area contributed by atoms with Crippen LogP contribution in [0.5, 0.6) is 0 Å². The van der Waals surface area contributed by atoms with Gasteiger partial charge in [-0.1, -0.05) is 48.5 Å². The Morgan fingerprint density at radius 3 is 2.56 bits per heavy atom. The average Bonchev–Trinajstić information content (AvgIpc) is 3.37. The topological polar surface area (TPSA) is 82.8 Å². The van der Waals surface area contributed by atoms with Crippen molar-refractivity contribution in [1.82, 2.24) is 0 Å². The molecular weight excluding hydrogens is 452 g/mol. The Balaban J connectivity index is 1.55. The lowest BCUT2D eigenvalue weighted by Gasteiger charge is -2.22. The van der Waals surface area contributed by atoms with Gasteiger partial charge in [-0.2, -0.15) is 0 Å². The summed E-state index contributed by atoms with van der Waals surface area (Å²) in [5, 5.41) is 13.5. The SMILES string of the molecule is Cc1cc(C(C)Nc2ccccc2C(=O)O)c2oc(N3CC[C@@H](c4ccccc4)C3)c(C)c(=O)c2c1. The van der Waals surface area contributed by atoms with Crippen molar-refractivity contribution in [3.8, 4) is 0 Å². The van der Waals surface area contributed by atoms with Gasteiger partial charge in [-0.05, 0) is 56.5 Å². The number of benzene rings is 3. The summed E-state index contributed by atoms with van der Waals surface area (Å²) in [6.07, 6.45) is 0.996. The second-order valence-corrected chi connectivity index (χ2v) is 9.65. The van der Waals surface area contributed by atoms with Crippen LogP contribution in [0.4, 0.5) is 11.6 Å². The molecule has 1 aliphatic rings. The van der Waals surface area contributed by atoms with E-state index in [2.05, 4.69) is 34.5 Å². The Hall–Kier alpha value is -4.06. The maximum Gasteiger partial charge on any atom is 0.337 e. The number of hydrogen-bond donors (Lipinski definition) is 2. The Bertz CT molecular complexity index is 1490. The lowest BCUT2D eigenvalue weighted by molar-refractivity contribution is 0.0698. The summed E-state index contributed by atoms with van der Waals surface area (Å²) in [6, 6.07) is 20.9. The number of anilines is 2. The second-order valence-electron chi connectivity index (χ2n) is 9.65. The van der Waals surface area contributed by atoms with E-state index in [0.29, 0.717) is 34.0 Å². The van der Waals surface area contributed by atoms with E-state index in [4.69, 9.17) is 4.42 Å². The lowest BCUT2D eigenvalue weighted by Crippen LogP contribution is -2.23. The zero-order chi connectivity index (χ0) is 25.4. The molecule has 0 bridgehead atoms. The number of rotatable bonds is 6. The third-order valence-electron chi connectivity index (χ3n) is 7.11. The molecule has 1 unspecified atom stereocenters. The van der Waals surface area contributed by atoms with E-state index in [-0.39, 0.29) is 17.0 Å². The minimum absolute atomic E-state index is 0.0301. The van der Waals surface area contributed by atoms with Crippen LogP contribution in [0, 0.1) is 13.8 Å². The van der Waals surface area contributed by atoms with Gasteiger partial charge in [0.15, 0.2) is 5.43 Å². The number of carboxylic acid groups (broad SMARTS) is 1. The smallest absolute Gasteiger partial charge is 0.337 e. The summed E-state index contributed by atoms with van der Waals surface area (Å²) in [7, 11) is 0. The maximum atomic E-state index is 13.5. The van der Waals surface area contributed by atoms with Crippen LogP contribution >= 0.6 is 0 Å². The normalized spacial score (nSPS) is 16.3. The van der Waals surface area contributed by atoms with E-state index in [0.717, 1.165) is 30.6 Å². The van der Waals surface area contributed by atoms with E-state index < -0.39 is 5.97 Å². The zero-order valence-corrected chi connectivity index (χ0v) is 20.7. The van der Waals surface area contributed by atoms with Crippen molar-refractivity contribution in [2.24, 2.45) is 0 Å². The van der Waals surface area contributed by atoms with Crippen LogP contribution in [0.1, 0.15) is 57.9 Å². The number of para-hydroxylation sites is 1. The van der Waals surface area contributed by atoms with Gasteiger partial charge in [0.1, 0.15) is 5.58 Å². The fourth-order valence-corrected chi connectivity index (χ4v) is 5.23. The molecule has 5 rings (SSSR count). The quantitative estimate of drug-likeness (QED) is 0.337. The van der Waals surface area contributed by atoms with Crippen molar-refractivity contribution in [2.45, 2.75) is 39.2 Å². The summed E-state index contributed by atoms with van der Waals surface area (Å²) in [5.74, 6) is 0.0113. The fourth-order valence-electron chi connectivity index (χ4n) is 5.23. The first-order chi connectivity index (χ1) is 17.3. The van der Waals surface area contributed by atoms with Gasteiger partial charge in [-0.25, -0.2) is 4.79 Å². The largest absolute Gasteiger partial charge is 0.478 e. The van der Waals surface area contributed by atoms with Crippen molar-refractivity contribution in [3.05, 3.63) is 105 Å². The van der Waals surface area contributed by atoms with E-state index in [1.165, 1.54) is 5.56 Å². The van der Waals surface area contributed by atoms with Crippen LogP contribution < -0.4 is 15.6 Å². The van der Waals surface area contributed by atoms with Crippen LogP contribution in [0.2, 0.25) is 0 Å². The number of hydrogen-bond acceptors (Lipinski definition) is 5. The molecule has 6 nitrogen and oxygen atoms in total. The molecule has 0 saturated carbocycles. The lowest BCUT2D eigenvalue weighted by atomic mass is 9.99. The van der Waals surface area contributed by atoms with Gasteiger partial charge in [-0.15, -0.1) is 0 Å². The molecule has 6 heteroatoms. The van der Waals surface area contributed by atoms with Gasteiger partial charge in [0, 0.05) is 30.3 Å². The van der Waals surface area contributed by atoms with Crippen LogP contribution in [-0.4, -0.2) is 24.2 Å². The molecule has 0 aliphatic carbocycles. The summed E-state index contributed by atoms with van der Waals surface area (Å²) in [5.41, 5.74) is 4.91. The van der Waals surface area contributed by atoms with Gasteiger partial charge in [0.25, 0.3) is 0 Å². The van der Waals surface area contributed by atoms with Crippen molar-refractivity contribution < 1.29 is 14.3 Å². The van der Waals surface area contributed by atoms with Crippen molar-refractivity contribution in [1.29, 1.82) is 0 Å². The number of fused-ring (bicyclic) bond motifs is 1. The summed E-state index contributed by atoms with van der Waals surface area (Å²) >= 11 is 0. The van der Waals surface area contributed by atoms with E-state index in [9.17, 15) is 14.7 Å². The summed E-state index contributed by atoms with van der Waals surface area (Å²) in [6.45, 7) is 7.35. The fraction of sp³-hybridized carbons (Fsp3) is 0.267. The van der Waals surface area contributed by atoms with E-state index >= 15 is 0 Å². The van der Waals surface area contributed by atoms with Gasteiger partial charge in [-0.3, -0.25) is 4.79 Å². The number of carbonyl (C=O) groups is 1. The van der Waals surface area contributed by atoms with Crippen LogP contribution in [-0.2, 0) is 0 Å². The van der Waals surface area contributed by atoms with Gasteiger partial charge < -0.3 is 19.7 Å². The van der Waals surface area contributed by atoms with E-state index in [1.54, 1.807) is 24.3 Å². The number of nitrogens with zero attached hydrogens (tertiary/aromatic N) is 1. The first kappa shape index (κ1) is 23.7. The predicted molar refractivity (Wildman–Crippen MR) is 143 cm³/mol. The van der Waals surface area contributed by atoms with Gasteiger partial charge in [0.2, 0.25) is 5.88 Å². The summed E-state index contributed by atoms with van der Waals surface area (Å²) in [4.78, 5) is 27.4. The number of carboxylic acids is 1. The van der Waals surface area contributed by atoms with Crippen molar-refractivity contribution in [3.63, 3.8) is 0 Å². The maximum absolute atomic E-state index is 13.5. The van der Waals surface area contributed by atoms with Crippen LogP contribution in [0.3, 0.4) is 0 Å². The third-order valence-corrected chi connectivity index (χ3v) is 7.11. The zero-order valence-electron chi connectivity index (χ0n) is 20.7. The highest BCUT2D eigenvalue weighted by atomic mass is 16.4. The molecule has 1 aliphatic heterocycles. The number of nitrogens with one attached hydrogen (secondary N) is 1. The number of aryl methyl sites for hydroxylation is 1. The molecule has 1 fully saturated rings. The third kappa shape index (κ3) is 4.35. The number of aromatic carboxylic acids is 1. The second kappa shape index (κ2) is 9.53. The monoisotopic (exact) mass is 482 g/mol. The van der Waals surface area contributed by atoms with Crippen LogP contribution in [0.15, 0.2) is 75.9 Å². The van der Waals surface area contributed by atoms with Crippen molar-refractivity contribution >= 4 is 28.5 Å². The van der Waals surface area contributed by atoms with Gasteiger partial charge in [0.05, 0.1) is 22.6 Å². The molecule has 4 aromatic rings. The van der Waals surface area contributed by atoms with Crippen LogP contribution in [0.25, 0.3) is 11.0 Å². The van der Waals surface area contributed by atoms with E-state index in [1.807, 2.05) is 39.0 Å². The Morgan fingerprint density at radius 1 is 1.08 bits per heavy atom. The molecule has 36 heavy (non-hydrogen) atoms. The highest BCUT2D eigenvalue weighted by Gasteiger charge is 2.28. The average molecular weight is 483 g/mol. The minimum Gasteiger partial charge on any atom is -0.478 e. The molecule has 0 radical (unpaired) electrons. The molecule has 184 valence electrons. The first-order valence-corrected chi connectivity index (χ1v) is 12.3. The van der Waals surface area contributed by atoms with Crippen molar-refractivity contribution in [2.75, 3.05) is 23.3 Å². The molecule has 0 spiro atoms. The Kier molecular flexibility index (Phi) is 6.27. The molecular formula is C30H30N2O4. The molecule has 0 amide bonds. The molecule has 2 atom stereocenters. The Labute approximate surface area is 210 Å². The summed E-state index contributed by atoms with van der Waals surface area (Å²) < 4.78 is 6.53. The molecule has 1 aromatic heterocycles. The Morgan fingerprint density at radius 2 is 1.81 bits per heavy atom. The highest BCUT2D eigenvalue weighted by Crippen LogP contribution is 2.35. The molecule has 2 heterocycles. The highest BCUT2D eigenvalue weighted by molar-refractivity contribution is 5.94. The van der Waals surface area contributed by atoms with Gasteiger partial charge >= 0.3 is 5.97 Å².